The molecule has 1 N–H and O–H groups in total. The van der Waals surface area contributed by atoms with Crippen molar-refractivity contribution in [1.29, 1.82) is 0 Å². The summed E-state index contributed by atoms with van der Waals surface area (Å²) in [6.45, 7) is -0.126. The zero-order valence-corrected chi connectivity index (χ0v) is 8.57. The first-order chi connectivity index (χ1) is 8.13. The minimum absolute atomic E-state index is 0.126. The summed E-state index contributed by atoms with van der Waals surface area (Å²) < 4.78 is 40.1. The van der Waals surface area contributed by atoms with Crippen LogP contribution < -0.4 is 0 Å². The third kappa shape index (κ3) is 2.14. The number of hydrogen-bond acceptors (Lipinski definition) is 3. The molecule has 2 aromatic rings. The minimum atomic E-state index is -1.55. The summed E-state index contributed by atoms with van der Waals surface area (Å²) in [5, 5.41) is 15.9. The summed E-state index contributed by atoms with van der Waals surface area (Å²) in [4.78, 5) is 0. The lowest BCUT2D eigenvalue weighted by Gasteiger charge is -2.02. The maximum atomic E-state index is 13.4. The second kappa shape index (κ2) is 4.54. The maximum absolute atomic E-state index is 13.4. The second-order valence-corrected chi connectivity index (χ2v) is 3.32. The van der Waals surface area contributed by atoms with Crippen molar-refractivity contribution in [2.75, 3.05) is 6.61 Å². The van der Waals surface area contributed by atoms with Crippen molar-refractivity contribution in [2.24, 2.45) is 0 Å². The average Bonchev–Trinajstić information content (AvgIpc) is 2.75. The Morgan fingerprint density at radius 1 is 1.18 bits per heavy atom. The number of benzene rings is 1. The largest absolute Gasteiger partial charge is 0.396 e. The second-order valence-electron chi connectivity index (χ2n) is 3.32. The molecule has 0 aliphatic carbocycles. The van der Waals surface area contributed by atoms with E-state index in [-0.39, 0.29) is 18.7 Å². The fraction of sp³-hybridized carbons (Fsp3) is 0.200. The topological polar surface area (TPSA) is 50.9 Å². The molecule has 0 aliphatic rings. The van der Waals surface area contributed by atoms with Gasteiger partial charge in [0.15, 0.2) is 17.5 Å². The summed E-state index contributed by atoms with van der Waals surface area (Å²) in [7, 11) is 0. The van der Waals surface area contributed by atoms with Crippen molar-refractivity contribution in [1.82, 2.24) is 15.0 Å². The van der Waals surface area contributed by atoms with Gasteiger partial charge in [-0.25, -0.2) is 17.9 Å². The van der Waals surface area contributed by atoms with Gasteiger partial charge in [0.05, 0.1) is 11.9 Å². The number of aliphatic hydroxyl groups excluding tert-OH is 1. The highest BCUT2D eigenvalue weighted by atomic mass is 19.2. The van der Waals surface area contributed by atoms with E-state index in [1.807, 2.05) is 0 Å². The van der Waals surface area contributed by atoms with E-state index in [1.165, 1.54) is 6.20 Å². The maximum Gasteiger partial charge on any atom is 0.196 e. The molecule has 2 rings (SSSR count). The van der Waals surface area contributed by atoms with Crippen molar-refractivity contribution in [3.63, 3.8) is 0 Å². The molecule has 0 spiro atoms. The summed E-state index contributed by atoms with van der Waals surface area (Å²) in [5.41, 5.74) is 0.192. The van der Waals surface area contributed by atoms with Gasteiger partial charge in [0.25, 0.3) is 0 Å². The molecular formula is C10H8F3N3O. The Morgan fingerprint density at radius 3 is 2.65 bits per heavy atom. The number of aliphatic hydroxyl groups is 1. The van der Waals surface area contributed by atoms with Gasteiger partial charge >= 0.3 is 0 Å². The molecule has 0 saturated carbocycles. The first-order valence-corrected chi connectivity index (χ1v) is 4.79. The fourth-order valence-electron chi connectivity index (χ4n) is 1.34. The molecule has 90 valence electrons. The molecule has 0 saturated heterocycles. The summed E-state index contributed by atoms with van der Waals surface area (Å²) in [5.74, 6) is -4.14. The highest BCUT2D eigenvalue weighted by Crippen LogP contribution is 2.18. The van der Waals surface area contributed by atoms with Crippen LogP contribution in [0.15, 0.2) is 18.3 Å². The van der Waals surface area contributed by atoms with Crippen molar-refractivity contribution < 1.29 is 18.3 Å². The molecule has 0 fully saturated rings. The lowest BCUT2D eigenvalue weighted by atomic mass is 10.3. The van der Waals surface area contributed by atoms with Crippen LogP contribution in [0.4, 0.5) is 13.2 Å². The van der Waals surface area contributed by atoms with Gasteiger partial charge in [-0.15, -0.1) is 5.10 Å². The van der Waals surface area contributed by atoms with Crippen LogP contribution in [0.25, 0.3) is 5.69 Å². The Bertz CT molecular complexity index is 542. The van der Waals surface area contributed by atoms with Gasteiger partial charge < -0.3 is 5.11 Å². The Kier molecular flexibility index (Phi) is 3.10. The Labute approximate surface area is 94.3 Å². The molecule has 1 aromatic heterocycles. The summed E-state index contributed by atoms with van der Waals surface area (Å²) in [6.07, 6.45) is 1.59. The number of rotatable bonds is 3. The van der Waals surface area contributed by atoms with Crippen LogP contribution in [-0.4, -0.2) is 26.7 Å². The third-order valence-corrected chi connectivity index (χ3v) is 2.17. The van der Waals surface area contributed by atoms with E-state index in [1.54, 1.807) is 0 Å². The van der Waals surface area contributed by atoms with Crippen molar-refractivity contribution in [3.8, 4) is 5.69 Å². The molecule has 0 unspecified atom stereocenters. The Balaban J connectivity index is 2.42. The molecule has 4 nitrogen and oxygen atoms in total. The normalized spacial score (nSPS) is 10.8. The minimum Gasteiger partial charge on any atom is -0.396 e. The van der Waals surface area contributed by atoms with Crippen LogP contribution in [0.3, 0.4) is 0 Å². The fourth-order valence-corrected chi connectivity index (χ4v) is 1.34. The number of halogens is 3. The van der Waals surface area contributed by atoms with Crippen molar-refractivity contribution in [2.45, 2.75) is 6.42 Å². The van der Waals surface area contributed by atoms with Crippen LogP contribution in [0.5, 0.6) is 0 Å². The van der Waals surface area contributed by atoms with Gasteiger partial charge in [-0.1, -0.05) is 5.21 Å². The van der Waals surface area contributed by atoms with E-state index in [0.717, 1.165) is 16.8 Å². The molecule has 1 aromatic carbocycles. The monoisotopic (exact) mass is 243 g/mol. The molecule has 0 aliphatic heterocycles. The van der Waals surface area contributed by atoms with Gasteiger partial charge in [-0.2, -0.15) is 0 Å². The highest BCUT2D eigenvalue weighted by molar-refractivity contribution is 5.33. The lowest BCUT2D eigenvalue weighted by Crippen LogP contribution is -2.02. The van der Waals surface area contributed by atoms with E-state index >= 15 is 0 Å². The molecule has 7 heteroatoms. The molecule has 0 amide bonds. The van der Waals surface area contributed by atoms with Crippen LogP contribution in [-0.2, 0) is 6.42 Å². The average molecular weight is 243 g/mol. The van der Waals surface area contributed by atoms with E-state index in [4.69, 9.17) is 5.11 Å². The van der Waals surface area contributed by atoms with Crippen LogP contribution in [0.1, 0.15) is 5.69 Å². The molecule has 1 heterocycles. The highest BCUT2D eigenvalue weighted by Gasteiger charge is 2.15. The van der Waals surface area contributed by atoms with Gasteiger partial charge in [-0.05, 0) is 12.1 Å². The first kappa shape index (κ1) is 11.6. The SMILES string of the molecule is OCCc1cn(-c2ccc(F)c(F)c2F)nn1. The van der Waals surface area contributed by atoms with Crippen molar-refractivity contribution in [3.05, 3.63) is 41.5 Å². The van der Waals surface area contributed by atoms with E-state index in [2.05, 4.69) is 10.3 Å². The summed E-state index contributed by atoms with van der Waals surface area (Å²) >= 11 is 0. The molecule has 0 atom stereocenters. The standard InChI is InChI=1S/C10H8F3N3O/c11-7-1-2-8(10(13)9(7)12)16-5-6(3-4-17)14-15-16/h1-2,5,17H,3-4H2. The summed E-state index contributed by atoms with van der Waals surface area (Å²) in [6, 6.07) is 1.87. The van der Waals surface area contributed by atoms with Crippen molar-refractivity contribution >= 4 is 0 Å². The zero-order chi connectivity index (χ0) is 12.4. The van der Waals surface area contributed by atoms with Crippen LogP contribution in [0.2, 0.25) is 0 Å². The number of hydrogen-bond donors (Lipinski definition) is 1. The quantitative estimate of drug-likeness (QED) is 0.824. The van der Waals surface area contributed by atoms with E-state index in [0.29, 0.717) is 5.69 Å². The lowest BCUT2D eigenvalue weighted by molar-refractivity contribution is 0.298. The predicted molar refractivity (Wildman–Crippen MR) is 52.0 cm³/mol. The van der Waals surface area contributed by atoms with E-state index < -0.39 is 17.5 Å². The number of aromatic nitrogens is 3. The first-order valence-electron chi connectivity index (χ1n) is 4.79. The van der Waals surface area contributed by atoms with Gasteiger partial charge in [-0.3, -0.25) is 0 Å². The third-order valence-electron chi connectivity index (χ3n) is 2.17. The molecule has 0 bridgehead atoms. The van der Waals surface area contributed by atoms with Crippen LogP contribution in [0, 0.1) is 17.5 Å². The Morgan fingerprint density at radius 2 is 1.94 bits per heavy atom. The zero-order valence-electron chi connectivity index (χ0n) is 8.57. The van der Waals surface area contributed by atoms with Gasteiger partial charge in [0, 0.05) is 13.0 Å². The predicted octanol–water partition coefficient (Wildman–Crippen LogP) is 1.22. The molecule has 0 radical (unpaired) electrons. The van der Waals surface area contributed by atoms with E-state index in [9.17, 15) is 13.2 Å². The smallest absolute Gasteiger partial charge is 0.196 e. The van der Waals surface area contributed by atoms with Gasteiger partial charge in [0.2, 0.25) is 0 Å². The van der Waals surface area contributed by atoms with Crippen LogP contribution >= 0.6 is 0 Å². The van der Waals surface area contributed by atoms with Gasteiger partial charge in [0.1, 0.15) is 5.69 Å². The molecule has 17 heavy (non-hydrogen) atoms. The molecular weight excluding hydrogens is 235 g/mol. The number of nitrogens with zero attached hydrogens (tertiary/aromatic N) is 3. The Hall–Kier alpha value is -1.89.